The zero-order valence-corrected chi connectivity index (χ0v) is 10.6. The minimum absolute atomic E-state index is 0.155. The van der Waals surface area contributed by atoms with E-state index >= 15 is 0 Å². The van der Waals surface area contributed by atoms with E-state index < -0.39 is 34.9 Å². The predicted octanol–water partition coefficient (Wildman–Crippen LogP) is 1.79. The van der Waals surface area contributed by atoms with Gasteiger partial charge in [0.05, 0.1) is 0 Å². The molecule has 1 rings (SSSR count). The first-order valence-corrected chi connectivity index (χ1v) is 5.42. The molecule has 1 aromatic carbocycles. The van der Waals surface area contributed by atoms with Crippen LogP contribution >= 0.6 is 0 Å². The molecule has 0 spiro atoms. The van der Waals surface area contributed by atoms with E-state index in [0.29, 0.717) is 0 Å². The number of halogens is 3. The van der Waals surface area contributed by atoms with Crippen LogP contribution in [0.1, 0.15) is 17.3 Å². The average molecular weight is 302 g/mol. The van der Waals surface area contributed by atoms with Crippen molar-refractivity contribution in [1.82, 2.24) is 0 Å². The number of nitrogens with one attached hydrogen (secondary N) is 1. The van der Waals surface area contributed by atoms with Crippen molar-refractivity contribution in [1.29, 1.82) is 0 Å². The predicted molar refractivity (Wildman–Crippen MR) is 65.4 cm³/mol. The summed E-state index contributed by atoms with van der Waals surface area (Å²) in [6.45, 7) is 0.970. The second-order valence-corrected chi connectivity index (χ2v) is 3.87. The Morgan fingerprint density at radius 3 is 2.33 bits per heavy atom. The van der Waals surface area contributed by atoms with Crippen molar-refractivity contribution in [3.05, 3.63) is 29.8 Å². The van der Waals surface area contributed by atoms with Gasteiger partial charge in [0, 0.05) is 18.2 Å². The van der Waals surface area contributed by atoms with Gasteiger partial charge in [-0.05, 0) is 12.1 Å². The smallest absolute Gasteiger partial charge is 0.410 e. The maximum Gasteiger partial charge on any atom is 0.454 e. The quantitative estimate of drug-likeness (QED) is 0.291. The third kappa shape index (κ3) is 4.13. The number of carbonyl (C=O) groups is 3. The van der Waals surface area contributed by atoms with Gasteiger partial charge in [-0.3, -0.25) is 14.4 Å². The van der Waals surface area contributed by atoms with Gasteiger partial charge in [0.15, 0.2) is 5.78 Å². The maximum absolute atomic E-state index is 12.3. The molecule has 1 amide bonds. The second kappa shape index (κ2) is 6.16. The summed E-state index contributed by atoms with van der Waals surface area (Å²) in [6, 6.07) is 4.05. The molecule has 0 saturated heterocycles. The molecule has 0 bridgehead atoms. The zero-order chi connectivity index (χ0) is 16.2. The molecule has 0 radical (unpaired) electrons. The van der Waals surface area contributed by atoms with Crippen LogP contribution in [0.2, 0.25) is 0 Å². The number of hydrogen-bond acceptors (Lipinski definition) is 5. The number of Topliss-reactive ketones (excluding diaryl/α,β-unsaturated/α-hetero) is 2. The van der Waals surface area contributed by atoms with Crippen molar-refractivity contribution in [2.75, 3.05) is 5.32 Å². The molecule has 0 aromatic heterocycles. The summed E-state index contributed by atoms with van der Waals surface area (Å²) < 4.78 is 36.9. The molecule has 2 N–H and O–H groups in total. The minimum Gasteiger partial charge on any atom is -0.410 e. The number of hydrogen-bond donors (Lipinski definition) is 2. The van der Waals surface area contributed by atoms with E-state index in [1.165, 1.54) is 6.07 Å². The third-order valence-corrected chi connectivity index (χ3v) is 2.29. The fourth-order valence-corrected chi connectivity index (χ4v) is 1.37. The molecule has 112 valence electrons. The molecule has 0 unspecified atom stereocenters. The summed E-state index contributed by atoms with van der Waals surface area (Å²) in [5.74, 6) is -4.01. The van der Waals surface area contributed by atoms with Gasteiger partial charge in [-0.25, -0.2) is 0 Å². The molecule has 0 saturated carbocycles. The highest BCUT2D eigenvalue weighted by molar-refractivity contribution is 6.67. The number of benzene rings is 1. The summed E-state index contributed by atoms with van der Waals surface area (Å²) in [5, 5.41) is 13.0. The van der Waals surface area contributed by atoms with Gasteiger partial charge < -0.3 is 10.5 Å². The Balaban J connectivity index is 3.00. The Kier molecular flexibility index (Phi) is 4.79. The van der Waals surface area contributed by atoms with E-state index in [0.717, 1.165) is 25.1 Å². The van der Waals surface area contributed by atoms with Gasteiger partial charge in [0.1, 0.15) is 0 Å². The van der Waals surface area contributed by atoms with Crippen LogP contribution in [0.15, 0.2) is 29.4 Å². The number of anilines is 1. The summed E-state index contributed by atoms with van der Waals surface area (Å²) in [4.78, 5) is 33.5. The number of alkyl halides is 3. The van der Waals surface area contributed by atoms with Crippen molar-refractivity contribution in [3.8, 4) is 0 Å². The maximum atomic E-state index is 12.3. The number of oxime groups is 1. The Morgan fingerprint density at radius 2 is 1.86 bits per heavy atom. The van der Waals surface area contributed by atoms with Crippen molar-refractivity contribution in [2.45, 2.75) is 13.1 Å². The van der Waals surface area contributed by atoms with E-state index in [4.69, 9.17) is 5.21 Å². The first kappa shape index (κ1) is 16.3. The van der Waals surface area contributed by atoms with Crippen molar-refractivity contribution < 1.29 is 32.8 Å². The Morgan fingerprint density at radius 1 is 1.24 bits per heavy atom. The first-order valence-electron chi connectivity index (χ1n) is 5.42. The van der Waals surface area contributed by atoms with Crippen molar-refractivity contribution in [2.24, 2.45) is 5.16 Å². The lowest BCUT2D eigenvalue weighted by atomic mass is 10.1. The zero-order valence-electron chi connectivity index (χ0n) is 10.6. The summed E-state index contributed by atoms with van der Waals surface area (Å²) in [5.41, 5.74) is -1.65. The molecular weight excluding hydrogens is 293 g/mol. The highest BCUT2D eigenvalue weighted by Gasteiger charge is 2.39. The van der Waals surface area contributed by atoms with E-state index in [9.17, 15) is 27.6 Å². The number of amides is 1. The molecule has 9 heteroatoms. The molecule has 0 atom stereocenters. The Bertz CT molecular complexity index is 623. The van der Waals surface area contributed by atoms with E-state index in [1.807, 2.05) is 0 Å². The largest absolute Gasteiger partial charge is 0.454 e. The van der Waals surface area contributed by atoms with Crippen molar-refractivity contribution in [3.63, 3.8) is 0 Å². The molecule has 1 aromatic rings. The number of ketones is 2. The molecule has 0 fully saturated rings. The van der Waals surface area contributed by atoms with E-state index in [-0.39, 0.29) is 5.69 Å². The fourth-order valence-electron chi connectivity index (χ4n) is 1.37. The van der Waals surface area contributed by atoms with Gasteiger partial charge in [-0.1, -0.05) is 17.3 Å². The van der Waals surface area contributed by atoms with E-state index in [1.54, 1.807) is 0 Å². The Hall–Kier alpha value is -2.71. The summed E-state index contributed by atoms with van der Waals surface area (Å²) in [6.07, 6.45) is -5.04. The normalized spacial score (nSPS) is 11.9. The third-order valence-electron chi connectivity index (χ3n) is 2.29. The molecule has 0 aliphatic carbocycles. The van der Waals surface area contributed by atoms with Gasteiger partial charge in [-0.2, -0.15) is 13.2 Å². The van der Waals surface area contributed by atoms with Crippen LogP contribution in [0.5, 0.6) is 0 Å². The molecule has 21 heavy (non-hydrogen) atoms. The van der Waals surface area contributed by atoms with Crippen LogP contribution in [-0.2, 0) is 9.59 Å². The molecule has 6 nitrogen and oxygen atoms in total. The van der Waals surface area contributed by atoms with Crippen LogP contribution in [0.4, 0.5) is 18.9 Å². The summed E-state index contributed by atoms with van der Waals surface area (Å²) >= 11 is 0. The molecular formula is C12H9F3N2O4. The molecule has 0 aliphatic rings. The number of rotatable bonds is 4. The van der Waals surface area contributed by atoms with Crippen LogP contribution in [-0.4, -0.2) is 34.6 Å². The standard InChI is InChI=1S/C12H9F3N2O4/c1-6(18)9(17-21)11(20)16-8-4-2-3-7(5-8)10(19)12(13,14)15/h2-5,21H,1H3,(H,16,20)/b17-9-. The SMILES string of the molecule is CC(=O)/C(=N/O)C(=O)Nc1cccc(C(=O)C(F)(F)F)c1. The Labute approximate surface area is 116 Å². The lowest BCUT2D eigenvalue weighted by molar-refractivity contribution is -0.114. The molecule has 0 aliphatic heterocycles. The van der Waals surface area contributed by atoms with Gasteiger partial charge >= 0.3 is 6.18 Å². The van der Waals surface area contributed by atoms with Crippen molar-refractivity contribution >= 4 is 28.9 Å². The van der Waals surface area contributed by atoms with Gasteiger partial charge in [-0.15, -0.1) is 0 Å². The lowest BCUT2D eigenvalue weighted by Crippen LogP contribution is -2.28. The molecule has 0 heterocycles. The lowest BCUT2D eigenvalue weighted by Gasteiger charge is -2.08. The van der Waals surface area contributed by atoms with Gasteiger partial charge in [0.25, 0.3) is 11.7 Å². The first-order chi connectivity index (χ1) is 9.66. The van der Waals surface area contributed by atoms with Crippen LogP contribution in [0.25, 0.3) is 0 Å². The highest BCUT2D eigenvalue weighted by Crippen LogP contribution is 2.23. The highest BCUT2D eigenvalue weighted by atomic mass is 19.4. The number of nitrogens with zero attached hydrogens (tertiary/aromatic N) is 1. The van der Waals surface area contributed by atoms with Crippen LogP contribution in [0.3, 0.4) is 0 Å². The van der Waals surface area contributed by atoms with Crippen LogP contribution < -0.4 is 5.32 Å². The minimum atomic E-state index is -5.04. The topological polar surface area (TPSA) is 95.8 Å². The second-order valence-electron chi connectivity index (χ2n) is 3.87. The summed E-state index contributed by atoms with van der Waals surface area (Å²) in [7, 11) is 0. The average Bonchev–Trinajstić information content (AvgIpc) is 2.37. The van der Waals surface area contributed by atoms with E-state index in [2.05, 4.69) is 10.5 Å². The van der Waals surface area contributed by atoms with Crippen LogP contribution in [0, 0.1) is 0 Å². The number of carbonyl (C=O) groups excluding carboxylic acids is 3. The van der Waals surface area contributed by atoms with Gasteiger partial charge in [0.2, 0.25) is 5.71 Å². The monoisotopic (exact) mass is 302 g/mol. The fraction of sp³-hybridized carbons (Fsp3) is 0.167.